The van der Waals surface area contributed by atoms with Gasteiger partial charge in [-0.2, -0.15) is 0 Å². The largest absolute Gasteiger partial charge is 0.140 e. The molecule has 1 aromatic carbocycles. The highest BCUT2D eigenvalue weighted by molar-refractivity contribution is 7.29. The van der Waals surface area contributed by atoms with Crippen LogP contribution in [0.4, 0.5) is 0 Å². The summed E-state index contributed by atoms with van der Waals surface area (Å²) in [5.41, 5.74) is 2.65. The van der Waals surface area contributed by atoms with Gasteiger partial charge in [0.2, 0.25) is 0 Å². The second-order valence-corrected chi connectivity index (χ2v) is 6.43. The molecule has 0 spiro atoms. The number of rotatable bonds is 1. The SMILES string of the molecule is CC.CC.Cc1ccc(-c2cc3sc(C)cc3s2)cc1. The van der Waals surface area contributed by atoms with Crippen LogP contribution in [0, 0.1) is 13.8 Å². The zero-order chi connectivity index (χ0) is 15.1. The minimum absolute atomic E-state index is 1.32. The molecule has 3 aromatic rings. The second kappa shape index (κ2) is 8.23. The molecule has 2 aromatic heterocycles. The van der Waals surface area contributed by atoms with Crippen molar-refractivity contribution in [2.24, 2.45) is 0 Å². The van der Waals surface area contributed by atoms with E-state index in [0.29, 0.717) is 0 Å². The Morgan fingerprint density at radius 1 is 0.700 bits per heavy atom. The second-order valence-electron chi connectivity index (χ2n) is 4.06. The molecule has 0 amide bonds. The molecule has 2 heteroatoms. The molecule has 0 saturated carbocycles. The Kier molecular flexibility index (Phi) is 6.97. The summed E-state index contributed by atoms with van der Waals surface area (Å²) < 4.78 is 2.83. The van der Waals surface area contributed by atoms with Crippen LogP contribution in [0.15, 0.2) is 36.4 Å². The van der Waals surface area contributed by atoms with E-state index < -0.39 is 0 Å². The van der Waals surface area contributed by atoms with Crippen LogP contribution >= 0.6 is 22.7 Å². The van der Waals surface area contributed by atoms with Gasteiger partial charge in [-0.05, 0) is 31.5 Å². The average molecular weight is 305 g/mol. The van der Waals surface area contributed by atoms with Gasteiger partial charge in [-0.1, -0.05) is 57.5 Å². The van der Waals surface area contributed by atoms with Gasteiger partial charge in [0.1, 0.15) is 0 Å². The molecule has 0 bridgehead atoms. The summed E-state index contributed by atoms with van der Waals surface area (Å²) in [5.74, 6) is 0. The van der Waals surface area contributed by atoms with E-state index in [1.165, 1.54) is 30.3 Å². The summed E-state index contributed by atoms with van der Waals surface area (Å²) in [6.45, 7) is 12.3. The van der Waals surface area contributed by atoms with E-state index >= 15 is 0 Å². The molecule has 0 radical (unpaired) electrons. The van der Waals surface area contributed by atoms with Crippen molar-refractivity contribution in [3.8, 4) is 10.4 Å². The third-order valence-corrected chi connectivity index (χ3v) is 4.92. The van der Waals surface area contributed by atoms with Crippen molar-refractivity contribution in [2.75, 3.05) is 0 Å². The van der Waals surface area contributed by atoms with Crippen LogP contribution in [-0.4, -0.2) is 0 Å². The van der Waals surface area contributed by atoms with E-state index in [9.17, 15) is 0 Å². The van der Waals surface area contributed by atoms with Crippen molar-refractivity contribution in [2.45, 2.75) is 41.5 Å². The number of hydrogen-bond donors (Lipinski definition) is 0. The highest BCUT2D eigenvalue weighted by atomic mass is 32.1. The molecule has 0 nitrogen and oxygen atoms in total. The van der Waals surface area contributed by atoms with Crippen molar-refractivity contribution in [3.63, 3.8) is 0 Å². The van der Waals surface area contributed by atoms with Gasteiger partial charge < -0.3 is 0 Å². The number of thiophene rings is 2. The maximum Gasteiger partial charge on any atom is 0.0459 e. The minimum Gasteiger partial charge on any atom is -0.140 e. The van der Waals surface area contributed by atoms with Gasteiger partial charge >= 0.3 is 0 Å². The molecule has 3 rings (SSSR count). The molecule has 20 heavy (non-hydrogen) atoms. The third-order valence-electron chi connectivity index (χ3n) is 2.67. The molecule has 0 atom stereocenters. The van der Waals surface area contributed by atoms with Crippen LogP contribution in [0.25, 0.3) is 19.8 Å². The molecule has 0 fully saturated rings. The van der Waals surface area contributed by atoms with E-state index in [-0.39, 0.29) is 0 Å². The Labute approximate surface area is 131 Å². The van der Waals surface area contributed by atoms with Crippen molar-refractivity contribution in [1.82, 2.24) is 0 Å². The highest BCUT2D eigenvalue weighted by Crippen LogP contribution is 2.37. The summed E-state index contributed by atoms with van der Waals surface area (Å²) in [6.07, 6.45) is 0. The number of aryl methyl sites for hydroxylation is 2. The first-order valence-electron chi connectivity index (χ1n) is 7.29. The number of hydrogen-bond acceptors (Lipinski definition) is 2. The molecule has 0 saturated heterocycles. The van der Waals surface area contributed by atoms with Crippen molar-refractivity contribution >= 4 is 32.1 Å². The van der Waals surface area contributed by atoms with E-state index in [0.717, 1.165) is 0 Å². The van der Waals surface area contributed by atoms with Gasteiger partial charge in [-0.3, -0.25) is 0 Å². The molecular formula is C18H24S2. The van der Waals surface area contributed by atoms with Gasteiger partial charge in [-0.15, -0.1) is 22.7 Å². The fourth-order valence-corrected chi connectivity index (χ4v) is 4.14. The predicted octanol–water partition coefficient (Wildman–Crippen LogP) is 7.30. The Balaban J connectivity index is 0.000000461. The smallest absolute Gasteiger partial charge is 0.0459 e. The standard InChI is InChI=1S/C14H12S2.2C2H6/c1-9-3-5-11(6-4-9)12-8-14-13(16-12)7-10(2)15-14;2*1-2/h3-8H,1-2H3;2*1-2H3. The van der Waals surface area contributed by atoms with Crippen LogP contribution in [0.2, 0.25) is 0 Å². The average Bonchev–Trinajstić information content (AvgIpc) is 3.01. The van der Waals surface area contributed by atoms with Crippen LogP contribution in [-0.2, 0) is 0 Å². The van der Waals surface area contributed by atoms with Crippen molar-refractivity contribution in [3.05, 3.63) is 46.8 Å². The van der Waals surface area contributed by atoms with Crippen LogP contribution < -0.4 is 0 Å². The van der Waals surface area contributed by atoms with Crippen LogP contribution in [0.3, 0.4) is 0 Å². The Morgan fingerprint density at radius 2 is 1.25 bits per heavy atom. The fourth-order valence-electron chi connectivity index (χ4n) is 1.82. The van der Waals surface area contributed by atoms with E-state index in [2.05, 4.69) is 50.2 Å². The van der Waals surface area contributed by atoms with E-state index in [1.54, 1.807) is 0 Å². The van der Waals surface area contributed by atoms with E-state index in [1.807, 2.05) is 50.4 Å². The zero-order valence-corrected chi connectivity index (χ0v) is 14.9. The lowest BCUT2D eigenvalue weighted by atomic mass is 10.1. The molecule has 0 unspecified atom stereocenters. The summed E-state index contributed by atoms with van der Waals surface area (Å²) in [5, 5.41) is 0. The molecule has 0 aliphatic rings. The Hall–Kier alpha value is -1.12. The molecule has 0 aliphatic carbocycles. The monoisotopic (exact) mass is 304 g/mol. The first-order chi connectivity index (χ1) is 9.72. The number of benzene rings is 1. The lowest BCUT2D eigenvalue weighted by molar-refractivity contribution is 1.48. The maximum absolute atomic E-state index is 2.31. The molecule has 0 N–H and O–H groups in total. The van der Waals surface area contributed by atoms with Crippen molar-refractivity contribution < 1.29 is 0 Å². The van der Waals surface area contributed by atoms with Gasteiger partial charge in [0.25, 0.3) is 0 Å². The van der Waals surface area contributed by atoms with Crippen molar-refractivity contribution in [1.29, 1.82) is 0 Å². The first-order valence-corrected chi connectivity index (χ1v) is 8.93. The van der Waals surface area contributed by atoms with Gasteiger partial charge in [0.05, 0.1) is 0 Å². The summed E-state index contributed by atoms with van der Waals surface area (Å²) in [7, 11) is 0. The zero-order valence-electron chi connectivity index (χ0n) is 13.3. The van der Waals surface area contributed by atoms with Gasteiger partial charge in [0.15, 0.2) is 0 Å². The van der Waals surface area contributed by atoms with E-state index in [4.69, 9.17) is 0 Å². The van der Waals surface area contributed by atoms with Gasteiger partial charge in [0, 0.05) is 19.2 Å². The summed E-state index contributed by atoms with van der Waals surface area (Å²) in [6, 6.07) is 13.3. The van der Waals surface area contributed by atoms with Gasteiger partial charge in [-0.25, -0.2) is 0 Å². The predicted molar refractivity (Wildman–Crippen MR) is 97.3 cm³/mol. The Morgan fingerprint density at radius 3 is 1.80 bits per heavy atom. The van der Waals surface area contributed by atoms with Crippen LogP contribution in [0.5, 0.6) is 0 Å². The quantitative estimate of drug-likeness (QED) is 0.442. The molecule has 108 valence electrons. The first kappa shape index (κ1) is 16.9. The summed E-state index contributed by atoms with van der Waals surface area (Å²) in [4.78, 5) is 2.78. The fraction of sp³-hybridized carbons (Fsp3) is 0.333. The molecular weight excluding hydrogens is 280 g/mol. The van der Waals surface area contributed by atoms with Crippen LogP contribution in [0.1, 0.15) is 38.1 Å². The molecule has 0 aliphatic heterocycles. The lowest BCUT2D eigenvalue weighted by Crippen LogP contribution is -1.72. The minimum atomic E-state index is 1.32. The maximum atomic E-state index is 2.31. The number of fused-ring (bicyclic) bond motifs is 1. The lowest BCUT2D eigenvalue weighted by Gasteiger charge is -1.97. The molecule has 2 heterocycles. The topological polar surface area (TPSA) is 0 Å². The highest BCUT2D eigenvalue weighted by Gasteiger charge is 2.06. The normalized spacial score (nSPS) is 9.50. The Bertz CT molecular complexity index is 596. The summed E-state index contributed by atoms with van der Waals surface area (Å²) >= 11 is 3.77. The third kappa shape index (κ3) is 3.94.